The molecule has 107 heavy (non-hydrogen) atoms. The molecule has 5 heterocycles. The van der Waals surface area contributed by atoms with E-state index >= 15 is 9.59 Å². The molecule has 576 valence electrons. The predicted molar refractivity (Wildman–Crippen MR) is 400 cm³/mol. The Kier molecular flexibility index (Phi) is 26.4. The number of piperidine rings is 1. The molecule has 4 aliphatic heterocycles. The van der Waals surface area contributed by atoms with E-state index in [0.717, 1.165) is 17.7 Å². The van der Waals surface area contributed by atoms with Crippen molar-refractivity contribution >= 4 is 103 Å². The molecular formula is C78H100N10O19. The van der Waals surface area contributed by atoms with Gasteiger partial charge in [0.15, 0.2) is 28.1 Å². The number of aliphatic hydroxyl groups excluding tert-OH is 2. The normalized spacial score (nSPS) is 24.1. The molecule has 5 aromatic rings. The molecule has 9 rings (SSSR count). The summed E-state index contributed by atoms with van der Waals surface area (Å²) in [4.78, 5) is 145. The topological polar surface area (TPSA) is 399 Å². The number of ketones is 1. The number of Topliss-reactive ketones (excluding diaryl/α,β-unsaturated/α-hetero) is 1. The molecular weight excluding hydrogens is 1380 g/mol. The summed E-state index contributed by atoms with van der Waals surface area (Å²) in [7, 11) is 5.48. The van der Waals surface area contributed by atoms with Crippen LogP contribution in [0, 0.1) is 36.5 Å². The molecule has 8 amide bonds. The number of urea groups is 1. The second-order valence-electron chi connectivity index (χ2n) is 28.9. The summed E-state index contributed by atoms with van der Waals surface area (Å²) in [6.07, 6.45) is 9.03. The Morgan fingerprint density at radius 2 is 1.55 bits per heavy atom. The number of phenols is 1. The number of esters is 1. The Labute approximate surface area is 620 Å². The number of aromatic nitrogens is 1. The molecule has 1 aromatic heterocycles. The highest BCUT2D eigenvalue weighted by atomic mass is 16.7. The van der Waals surface area contributed by atoms with Crippen molar-refractivity contribution in [2.24, 2.45) is 35.3 Å². The fourth-order valence-corrected chi connectivity index (χ4v) is 14.1. The fourth-order valence-electron chi connectivity index (χ4n) is 14.1. The minimum Gasteiger partial charge on any atom is -0.505 e. The number of hydrogen-bond donors (Lipinski definition) is 9. The molecule has 10 N–H and O–H groups in total. The average Bonchev–Trinajstić information content (AvgIpc) is 1.65. The van der Waals surface area contributed by atoms with Crippen molar-refractivity contribution in [1.82, 2.24) is 30.7 Å². The molecule has 11 atom stereocenters. The number of aromatic hydroxyl groups is 1. The number of anilines is 3. The fraction of sp³-hybridized carbons (Fsp3) is 0.500. The zero-order valence-corrected chi connectivity index (χ0v) is 62.9. The number of primary amides is 1. The highest BCUT2D eigenvalue weighted by Crippen LogP contribution is 2.49. The van der Waals surface area contributed by atoms with E-state index in [1.165, 1.54) is 65.4 Å². The van der Waals surface area contributed by atoms with Gasteiger partial charge in [0.25, 0.3) is 23.5 Å². The number of rotatable bonds is 23. The summed E-state index contributed by atoms with van der Waals surface area (Å²) in [5.41, 5.74) is 5.38. The Bertz CT molecular complexity index is 4390. The summed E-state index contributed by atoms with van der Waals surface area (Å²) < 4.78 is 38.0. The molecule has 0 aliphatic carbocycles. The van der Waals surface area contributed by atoms with Crippen molar-refractivity contribution in [1.29, 1.82) is 0 Å². The molecule has 1 unspecified atom stereocenters. The van der Waals surface area contributed by atoms with Crippen LogP contribution in [-0.4, -0.2) is 179 Å². The number of carbonyl (C=O) groups excluding carboxylic acids is 9. The third-order valence-corrected chi connectivity index (χ3v) is 20.6. The largest absolute Gasteiger partial charge is 0.505 e. The second kappa shape index (κ2) is 35.0. The van der Waals surface area contributed by atoms with Crippen LogP contribution in [0.4, 0.5) is 21.9 Å². The van der Waals surface area contributed by atoms with Crippen LogP contribution in [0.2, 0.25) is 0 Å². The molecule has 4 bridgehead atoms. The van der Waals surface area contributed by atoms with Crippen LogP contribution in [0.5, 0.6) is 17.2 Å². The van der Waals surface area contributed by atoms with E-state index in [1.54, 1.807) is 90.1 Å². The van der Waals surface area contributed by atoms with Crippen LogP contribution in [0.25, 0.3) is 33.0 Å². The van der Waals surface area contributed by atoms with E-state index < -0.39 is 130 Å². The van der Waals surface area contributed by atoms with E-state index in [0.29, 0.717) is 55.3 Å². The zero-order chi connectivity index (χ0) is 78.0. The lowest BCUT2D eigenvalue weighted by Crippen LogP contribution is -2.54. The molecule has 4 aliphatic rings. The number of aliphatic hydroxyl groups is 2. The van der Waals surface area contributed by atoms with Crippen LogP contribution in [0.15, 0.2) is 93.9 Å². The monoisotopic (exact) mass is 1480 g/mol. The number of amides is 8. The Hall–Kier alpha value is -10.2. The van der Waals surface area contributed by atoms with Crippen molar-refractivity contribution < 1.29 is 86.6 Å². The van der Waals surface area contributed by atoms with E-state index in [9.17, 15) is 53.7 Å². The summed E-state index contributed by atoms with van der Waals surface area (Å²) in [6.45, 7) is 17.3. The number of nitrogens with one attached hydrogen (secondary N) is 5. The number of carbonyl (C=O) groups is 9. The second-order valence-corrected chi connectivity index (χ2v) is 28.9. The number of ether oxygens (including phenoxy) is 5. The van der Waals surface area contributed by atoms with E-state index in [1.807, 2.05) is 14.1 Å². The predicted octanol–water partition coefficient (Wildman–Crippen LogP) is 7.60. The molecule has 29 heteroatoms. The van der Waals surface area contributed by atoms with E-state index in [-0.39, 0.29) is 112 Å². The van der Waals surface area contributed by atoms with Gasteiger partial charge in [0.2, 0.25) is 17.7 Å². The van der Waals surface area contributed by atoms with Gasteiger partial charge in [-0.05, 0) is 96.2 Å². The number of nitrogens with zero attached hydrogens (tertiary/aromatic N) is 4. The lowest BCUT2D eigenvalue weighted by atomic mass is 9.78. The third kappa shape index (κ3) is 18.6. The van der Waals surface area contributed by atoms with Gasteiger partial charge < -0.3 is 85.5 Å². The smallest absolute Gasteiger partial charge is 0.312 e. The molecule has 1 fully saturated rings. The van der Waals surface area contributed by atoms with Crippen LogP contribution >= 0.6 is 0 Å². The summed E-state index contributed by atoms with van der Waals surface area (Å²) in [5.74, 6) is -10.7. The van der Waals surface area contributed by atoms with Gasteiger partial charge in [-0.15, -0.1) is 0 Å². The number of phenolic OH excluding ortho intramolecular Hbond substituents is 1. The SMILES string of the molecule is CO[C@H]1/C=C/O[C@@]2(C)Oc3c(C)c(=O)c4c(O)c(c5oc6cc(N7CCC(N(C)C)CC7)cc(OCc7ccc(NC(=O)[C@H](CCCNC(N)=O)NC(=O)C(NC(=O)CCCCCN8C(=O)C=CC8=O)C(C)C)cc7)c6nc5c4c3C2=O)NC(=O)/C(C)=C\C=C\[C@H](C)[C@H](O)[C@@H](C)[C@@H](O)[C@@H](C)[C@H](OC(C)=O)[C@@H]1C. The maximum atomic E-state index is 15.4. The molecule has 4 aromatic carbocycles. The third-order valence-electron chi connectivity index (χ3n) is 20.6. The minimum atomic E-state index is -2.19. The first-order valence-electron chi connectivity index (χ1n) is 36.3. The van der Waals surface area contributed by atoms with E-state index in [2.05, 4.69) is 36.4 Å². The van der Waals surface area contributed by atoms with Crippen molar-refractivity contribution in [2.75, 3.05) is 62.9 Å². The van der Waals surface area contributed by atoms with Crippen LogP contribution in [0.1, 0.15) is 135 Å². The number of unbranched alkanes of at least 4 members (excludes halogenated alkanes) is 2. The highest BCUT2D eigenvalue weighted by molar-refractivity contribution is 6.26. The average molecular weight is 1480 g/mol. The van der Waals surface area contributed by atoms with Crippen molar-refractivity contribution in [3.8, 4) is 17.2 Å². The van der Waals surface area contributed by atoms with Gasteiger partial charge in [-0.2, -0.15) is 0 Å². The molecule has 1 saturated heterocycles. The maximum absolute atomic E-state index is 15.4. The Balaban J connectivity index is 1.07. The number of nitrogens with two attached hydrogens (primary N) is 1. The maximum Gasteiger partial charge on any atom is 0.312 e. The van der Waals surface area contributed by atoms with Crippen LogP contribution < -0.4 is 52.1 Å². The number of fused-ring (bicyclic) bond motifs is 2. The van der Waals surface area contributed by atoms with Gasteiger partial charge in [0, 0.05) is 135 Å². The first-order valence-corrected chi connectivity index (χ1v) is 36.3. The van der Waals surface area contributed by atoms with E-state index in [4.69, 9.17) is 38.8 Å². The number of imide groups is 1. The number of benzene rings is 4. The van der Waals surface area contributed by atoms with Crippen molar-refractivity contribution in [3.63, 3.8) is 0 Å². The van der Waals surface area contributed by atoms with Crippen molar-refractivity contribution in [3.05, 3.63) is 112 Å². The number of methoxy groups -OCH3 is 1. The summed E-state index contributed by atoms with van der Waals surface area (Å²) in [5, 5.41) is 49.2. The van der Waals surface area contributed by atoms with Gasteiger partial charge in [-0.25, -0.2) is 9.78 Å². The van der Waals surface area contributed by atoms with Crippen molar-refractivity contribution in [2.45, 2.75) is 176 Å². The molecule has 0 saturated carbocycles. The molecule has 29 nitrogen and oxygen atoms in total. The first kappa shape index (κ1) is 80.9. The summed E-state index contributed by atoms with van der Waals surface area (Å²) in [6, 6.07) is 7.59. The van der Waals surface area contributed by atoms with Crippen LogP contribution in [-0.2, 0) is 54.4 Å². The first-order chi connectivity index (χ1) is 50.7. The van der Waals surface area contributed by atoms with Gasteiger partial charge in [0.05, 0.1) is 35.5 Å². The highest BCUT2D eigenvalue weighted by Gasteiger charge is 2.50. The van der Waals surface area contributed by atoms with Gasteiger partial charge in [-0.3, -0.25) is 48.1 Å². The number of hydrogen-bond acceptors (Lipinski definition) is 22. The lowest BCUT2D eigenvalue weighted by Gasteiger charge is -2.38. The standard InChI is InChI=1S/C78H100N10O19/c1-40(2)62(83-56(90)22-15-14-16-33-88-57(91)27-28-58(88)92)76(100)82-52(21-18-32-80-77(79)101)75(99)81-49-25-23-48(24-26-49)39-103-54-37-51(87-34-29-50(30-35-87)86(11)12)38-55-63(54)84-64-59-60-68(95)46(8)71-61(59)73(97)78(10,107-71)104-36-31-53(102-13)43(5)70(105-47(9)89)45(7)67(94)44(6)66(93)41(3)19-17-20-42(4)74(98)85-65(69(60)96)72(64)106-55/h17,19-20,23-28,31,36-38,40-41,43-45,50,52-53,62,66-67,70,93-94,96H,14-16,18,21-22,29-30,32-35,39H2,1-13H3,(H,81,99)(H,82,100)(H,83,90)(H,85,98)(H3,79,80,101)/b19-17+,36-31+,42-20-/t41-,43+,44+,45+,52-,53-,62?,66-,67+,70+,78-/m0/s1. The Morgan fingerprint density at radius 1 is 0.860 bits per heavy atom. The number of allylic oxidation sites excluding steroid dienone is 2. The quantitative estimate of drug-likeness (QED) is 0.00758. The van der Waals surface area contributed by atoms with Crippen LogP contribution in [0.3, 0.4) is 0 Å². The lowest BCUT2D eigenvalue weighted by molar-refractivity contribution is -0.160. The molecule has 0 radical (unpaired) electrons. The van der Waals surface area contributed by atoms with Gasteiger partial charge in [0.1, 0.15) is 47.3 Å². The van der Waals surface area contributed by atoms with Gasteiger partial charge in [-0.1, -0.05) is 78.3 Å². The summed E-state index contributed by atoms with van der Waals surface area (Å²) >= 11 is 0. The van der Waals surface area contributed by atoms with Gasteiger partial charge >= 0.3 is 17.8 Å². The molecule has 0 spiro atoms. The minimum absolute atomic E-state index is 0.0604. The Morgan fingerprint density at radius 3 is 2.20 bits per heavy atom. The zero-order valence-electron chi connectivity index (χ0n) is 62.9.